The summed E-state index contributed by atoms with van der Waals surface area (Å²) in [4.78, 5) is 0. The van der Waals surface area contributed by atoms with Crippen molar-refractivity contribution in [3.05, 3.63) is 23.8 Å². The highest BCUT2D eigenvalue weighted by atomic mass is 16.5. The second-order valence-electron chi connectivity index (χ2n) is 5.85. The van der Waals surface area contributed by atoms with Crippen LogP contribution in [0.1, 0.15) is 38.7 Å². The smallest absolute Gasteiger partial charge is 0.120 e. The Labute approximate surface area is 115 Å². The maximum Gasteiger partial charge on any atom is 0.120 e. The number of nitrogens with zero attached hydrogens (tertiary/aromatic N) is 1. The van der Waals surface area contributed by atoms with E-state index in [0.717, 1.165) is 36.0 Å². The van der Waals surface area contributed by atoms with Gasteiger partial charge in [-0.1, -0.05) is 13.8 Å². The van der Waals surface area contributed by atoms with Gasteiger partial charge in [0.25, 0.3) is 0 Å². The van der Waals surface area contributed by atoms with Crippen LogP contribution in [0.2, 0.25) is 0 Å². The van der Waals surface area contributed by atoms with E-state index in [2.05, 4.69) is 19.9 Å². The lowest BCUT2D eigenvalue weighted by atomic mass is 9.82. The first-order valence-electron chi connectivity index (χ1n) is 7.00. The molecule has 1 fully saturated rings. The van der Waals surface area contributed by atoms with Crippen molar-refractivity contribution in [2.45, 2.75) is 45.6 Å². The van der Waals surface area contributed by atoms with Crippen LogP contribution in [0.3, 0.4) is 0 Å². The Balaban J connectivity index is 2.06. The highest BCUT2D eigenvalue weighted by molar-refractivity contribution is 5.51. The van der Waals surface area contributed by atoms with Gasteiger partial charge >= 0.3 is 0 Å². The van der Waals surface area contributed by atoms with Crippen molar-refractivity contribution in [3.8, 4) is 11.8 Å². The van der Waals surface area contributed by atoms with Crippen molar-refractivity contribution < 1.29 is 4.74 Å². The van der Waals surface area contributed by atoms with E-state index in [-0.39, 0.29) is 6.10 Å². The Morgan fingerprint density at radius 3 is 2.58 bits per heavy atom. The molecule has 2 rings (SSSR count). The van der Waals surface area contributed by atoms with Crippen molar-refractivity contribution in [2.24, 2.45) is 11.8 Å². The number of anilines is 1. The van der Waals surface area contributed by atoms with E-state index in [1.165, 1.54) is 6.42 Å². The third kappa shape index (κ3) is 3.64. The van der Waals surface area contributed by atoms with Gasteiger partial charge in [-0.05, 0) is 54.9 Å². The molecule has 0 aliphatic heterocycles. The van der Waals surface area contributed by atoms with Crippen molar-refractivity contribution in [3.63, 3.8) is 0 Å². The molecule has 2 N–H and O–H groups in total. The Kier molecular flexibility index (Phi) is 4.31. The van der Waals surface area contributed by atoms with Crippen LogP contribution in [0.25, 0.3) is 0 Å². The molecule has 19 heavy (non-hydrogen) atoms. The molecule has 1 aliphatic carbocycles. The van der Waals surface area contributed by atoms with E-state index < -0.39 is 0 Å². The summed E-state index contributed by atoms with van der Waals surface area (Å²) in [6, 6.07) is 7.77. The molecule has 102 valence electrons. The fourth-order valence-electron chi connectivity index (χ4n) is 3.06. The van der Waals surface area contributed by atoms with Gasteiger partial charge in [0.15, 0.2) is 0 Å². The molecule has 0 radical (unpaired) electrons. The van der Waals surface area contributed by atoms with Crippen LogP contribution < -0.4 is 10.5 Å². The minimum atomic E-state index is 0.289. The summed E-state index contributed by atoms with van der Waals surface area (Å²) in [7, 11) is 0. The molecule has 0 heterocycles. The number of hydrogen-bond acceptors (Lipinski definition) is 3. The Morgan fingerprint density at radius 2 is 1.95 bits per heavy atom. The summed E-state index contributed by atoms with van der Waals surface area (Å²) in [5.74, 6) is 2.29. The van der Waals surface area contributed by atoms with Crippen molar-refractivity contribution >= 4 is 5.69 Å². The maximum atomic E-state index is 8.78. The summed E-state index contributed by atoms with van der Waals surface area (Å²) in [5.41, 5.74) is 7.37. The molecule has 0 spiro atoms. The molecule has 0 amide bonds. The van der Waals surface area contributed by atoms with Crippen LogP contribution in [-0.4, -0.2) is 6.10 Å². The van der Waals surface area contributed by atoms with Gasteiger partial charge < -0.3 is 10.5 Å². The third-order valence-corrected chi connectivity index (χ3v) is 3.82. The topological polar surface area (TPSA) is 59.0 Å². The number of nitrogen functional groups attached to an aromatic ring is 1. The second kappa shape index (κ2) is 5.97. The number of benzene rings is 1. The number of nitriles is 1. The lowest BCUT2D eigenvalue weighted by molar-refractivity contribution is 0.101. The molecule has 2 atom stereocenters. The largest absolute Gasteiger partial charge is 0.490 e. The summed E-state index contributed by atoms with van der Waals surface area (Å²) in [6.45, 7) is 4.58. The predicted octanol–water partition coefficient (Wildman–Crippen LogP) is 3.54. The van der Waals surface area contributed by atoms with Crippen LogP contribution in [0.5, 0.6) is 5.75 Å². The van der Waals surface area contributed by atoms with Crippen LogP contribution >= 0.6 is 0 Å². The standard InChI is InChI=1S/C16H22N2O/c1-11-7-12(2)9-15(8-11)19-14-3-4-16(18)13(10-14)5-6-17/h3-4,10-12,15H,5,7-9,18H2,1-2H3. The minimum absolute atomic E-state index is 0.289. The highest BCUT2D eigenvalue weighted by Crippen LogP contribution is 2.32. The van der Waals surface area contributed by atoms with Gasteiger partial charge in [0.1, 0.15) is 5.75 Å². The maximum absolute atomic E-state index is 8.78. The summed E-state index contributed by atoms with van der Waals surface area (Å²) in [6.07, 6.45) is 4.14. The van der Waals surface area contributed by atoms with E-state index in [9.17, 15) is 0 Å². The zero-order valence-electron chi connectivity index (χ0n) is 11.7. The Bertz CT molecular complexity index is 468. The number of hydrogen-bond donors (Lipinski definition) is 1. The molecular formula is C16H22N2O. The van der Waals surface area contributed by atoms with Crippen molar-refractivity contribution in [1.82, 2.24) is 0 Å². The zero-order valence-corrected chi connectivity index (χ0v) is 11.7. The van der Waals surface area contributed by atoms with Gasteiger partial charge in [-0.3, -0.25) is 0 Å². The second-order valence-corrected chi connectivity index (χ2v) is 5.85. The first-order chi connectivity index (χ1) is 9.08. The van der Waals surface area contributed by atoms with Crippen LogP contribution in [0, 0.1) is 23.2 Å². The SMILES string of the molecule is CC1CC(C)CC(Oc2ccc(N)c(CC#N)c2)C1. The lowest BCUT2D eigenvalue weighted by Gasteiger charge is -2.31. The minimum Gasteiger partial charge on any atom is -0.490 e. The molecule has 1 aliphatic rings. The molecule has 2 unspecified atom stereocenters. The number of nitrogens with two attached hydrogens (primary N) is 1. The van der Waals surface area contributed by atoms with Gasteiger partial charge in [0, 0.05) is 5.69 Å². The third-order valence-electron chi connectivity index (χ3n) is 3.82. The van der Waals surface area contributed by atoms with Crippen LogP contribution in [0.15, 0.2) is 18.2 Å². The average molecular weight is 258 g/mol. The molecule has 0 aromatic heterocycles. The van der Waals surface area contributed by atoms with Gasteiger partial charge in [0.2, 0.25) is 0 Å². The fraction of sp³-hybridized carbons (Fsp3) is 0.562. The molecule has 0 bridgehead atoms. The first kappa shape index (κ1) is 13.7. The van der Waals surface area contributed by atoms with Gasteiger partial charge in [-0.25, -0.2) is 0 Å². The quantitative estimate of drug-likeness (QED) is 0.844. The van der Waals surface area contributed by atoms with Gasteiger partial charge in [-0.2, -0.15) is 5.26 Å². The van der Waals surface area contributed by atoms with Gasteiger partial charge in [-0.15, -0.1) is 0 Å². The molecule has 3 nitrogen and oxygen atoms in total. The highest BCUT2D eigenvalue weighted by Gasteiger charge is 2.25. The van der Waals surface area contributed by atoms with E-state index >= 15 is 0 Å². The van der Waals surface area contributed by atoms with Crippen molar-refractivity contribution in [1.29, 1.82) is 5.26 Å². The lowest BCUT2D eigenvalue weighted by Crippen LogP contribution is -2.28. The normalized spacial score (nSPS) is 26.7. The Hall–Kier alpha value is -1.69. The molecular weight excluding hydrogens is 236 g/mol. The number of rotatable bonds is 3. The molecule has 1 aromatic carbocycles. The van der Waals surface area contributed by atoms with Crippen LogP contribution in [-0.2, 0) is 6.42 Å². The molecule has 3 heteroatoms. The Morgan fingerprint density at radius 1 is 1.26 bits per heavy atom. The number of ether oxygens (including phenoxy) is 1. The molecule has 1 saturated carbocycles. The molecule has 1 aromatic rings. The summed E-state index contributed by atoms with van der Waals surface area (Å²) >= 11 is 0. The van der Waals surface area contributed by atoms with E-state index in [4.69, 9.17) is 15.7 Å². The summed E-state index contributed by atoms with van der Waals surface area (Å²) in [5, 5.41) is 8.78. The summed E-state index contributed by atoms with van der Waals surface area (Å²) < 4.78 is 6.07. The monoisotopic (exact) mass is 258 g/mol. The fourth-order valence-corrected chi connectivity index (χ4v) is 3.06. The van der Waals surface area contributed by atoms with E-state index in [1.54, 1.807) is 0 Å². The molecule has 0 saturated heterocycles. The predicted molar refractivity (Wildman–Crippen MR) is 76.8 cm³/mol. The van der Waals surface area contributed by atoms with E-state index in [0.29, 0.717) is 12.1 Å². The van der Waals surface area contributed by atoms with Crippen molar-refractivity contribution in [2.75, 3.05) is 5.73 Å². The first-order valence-corrected chi connectivity index (χ1v) is 7.00. The average Bonchev–Trinajstić information content (AvgIpc) is 2.32. The van der Waals surface area contributed by atoms with Crippen LogP contribution in [0.4, 0.5) is 5.69 Å². The van der Waals surface area contributed by atoms with E-state index in [1.807, 2.05) is 18.2 Å². The van der Waals surface area contributed by atoms with Gasteiger partial charge in [0.05, 0.1) is 18.6 Å². The zero-order chi connectivity index (χ0) is 13.8.